The quantitative estimate of drug-likeness (QED) is 0.671. The number of methoxy groups -OCH3 is 1. The van der Waals surface area contributed by atoms with Gasteiger partial charge in [0.1, 0.15) is 0 Å². The van der Waals surface area contributed by atoms with Crippen molar-refractivity contribution in [3.05, 3.63) is 0 Å². The molecule has 0 bridgehead atoms. The molecule has 0 heterocycles. The van der Waals surface area contributed by atoms with Crippen LogP contribution in [0.3, 0.4) is 0 Å². The Labute approximate surface area is 86.5 Å². The lowest BCUT2D eigenvalue weighted by atomic mass is 9.93. The highest BCUT2D eigenvalue weighted by atomic mass is 16.5. The van der Waals surface area contributed by atoms with Gasteiger partial charge in [-0.2, -0.15) is 0 Å². The van der Waals surface area contributed by atoms with Crippen LogP contribution in [0.15, 0.2) is 0 Å². The topological polar surface area (TPSA) is 46.5 Å². The fraction of sp³-hybridized carbons (Fsp3) is 0.909. The third kappa shape index (κ3) is 6.89. The normalized spacial score (nSPS) is 15.3. The third-order valence-electron chi connectivity index (χ3n) is 2.25. The van der Waals surface area contributed by atoms with Crippen molar-refractivity contribution < 1.29 is 14.6 Å². The van der Waals surface area contributed by atoms with Gasteiger partial charge in [-0.1, -0.05) is 26.7 Å². The summed E-state index contributed by atoms with van der Waals surface area (Å²) in [5.41, 5.74) is -0.915. The van der Waals surface area contributed by atoms with E-state index >= 15 is 0 Å². The Morgan fingerprint density at radius 2 is 2.07 bits per heavy atom. The predicted octanol–water partition coefficient (Wildman–Crippen LogP) is 2.13. The minimum atomic E-state index is -0.915. The number of rotatable bonds is 6. The standard InChI is InChI=1S/C11H22O3/c1-9(2)6-5-7-11(3,13)8-10(12)14-4/h9,13H,5-8H2,1-4H3/t11-/m1/s1. The van der Waals surface area contributed by atoms with E-state index in [2.05, 4.69) is 18.6 Å². The first-order valence-corrected chi connectivity index (χ1v) is 5.16. The number of carbonyl (C=O) groups is 1. The van der Waals surface area contributed by atoms with E-state index in [9.17, 15) is 9.90 Å². The molecular formula is C11H22O3. The molecule has 1 N–H and O–H groups in total. The van der Waals surface area contributed by atoms with Crippen LogP contribution in [0.5, 0.6) is 0 Å². The molecule has 0 fully saturated rings. The first-order valence-electron chi connectivity index (χ1n) is 5.16. The maximum Gasteiger partial charge on any atom is 0.308 e. The summed E-state index contributed by atoms with van der Waals surface area (Å²) in [5.74, 6) is 0.295. The second kappa shape index (κ2) is 6.02. The molecule has 0 aromatic heterocycles. The molecule has 0 rings (SSSR count). The monoisotopic (exact) mass is 202 g/mol. The molecule has 3 heteroatoms. The van der Waals surface area contributed by atoms with E-state index < -0.39 is 5.60 Å². The van der Waals surface area contributed by atoms with E-state index in [0.717, 1.165) is 12.8 Å². The van der Waals surface area contributed by atoms with Crippen molar-refractivity contribution in [2.75, 3.05) is 7.11 Å². The molecule has 1 atom stereocenters. The minimum Gasteiger partial charge on any atom is -0.469 e. The minimum absolute atomic E-state index is 0.0849. The summed E-state index contributed by atoms with van der Waals surface area (Å²) in [7, 11) is 1.34. The van der Waals surface area contributed by atoms with Crippen molar-refractivity contribution in [1.29, 1.82) is 0 Å². The molecule has 0 saturated heterocycles. The van der Waals surface area contributed by atoms with Crippen LogP contribution in [0.4, 0.5) is 0 Å². The highest BCUT2D eigenvalue weighted by Gasteiger charge is 2.24. The van der Waals surface area contributed by atoms with Crippen LogP contribution in [0, 0.1) is 5.92 Å². The Morgan fingerprint density at radius 1 is 1.50 bits per heavy atom. The Balaban J connectivity index is 3.77. The predicted molar refractivity (Wildman–Crippen MR) is 55.9 cm³/mol. The summed E-state index contributed by atoms with van der Waals surface area (Å²) in [6.07, 6.45) is 2.76. The van der Waals surface area contributed by atoms with E-state index in [1.807, 2.05) is 0 Å². The molecule has 0 aliphatic heterocycles. The maximum absolute atomic E-state index is 10.9. The molecule has 0 aromatic rings. The number of aliphatic hydroxyl groups is 1. The van der Waals surface area contributed by atoms with Crippen LogP contribution in [-0.4, -0.2) is 23.8 Å². The molecule has 0 aromatic carbocycles. The van der Waals surface area contributed by atoms with Crippen molar-refractivity contribution in [2.45, 2.75) is 52.1 Å². The smallest absolute Gasteiger partial charge is 0.308 e. The van der Waals surface area contributed by atoms with Crippen molar-refractivity contribution in [3.8, 4) is 0 Å². The lowest BCUT2D eigenvalue weighted by Crippen LogP contribution is -2.28. The van der Waals surface area contributed by atoms with Gasteiger partial charge in [0.15, 0.2) is 0 Å². The van der Waals surface area contributed by atoms with Gasteiger partial charge in [0, 0.05) is 0 Å². The van der Waals surface area contributed by atoms with Crippen molar-refractivity contribution in [1.82, 2.24) is 0 Å². The number of hydrogen-bond donors (Lipinski definition) is 1. The summed E-state index contributed by atoms with van der Waals surface area (Å²) in [5, 5.41) is 9.83. The molecule has 0 radical (unpaired) electrons. The molecule has 3 nitrogen and oxygen atoms in total. The molecule has 0 aliphatic rings. The van der Waals surface area contributed by atoms with Gasteiger partial charge in [0.25, 0.3) is 0 Å². The van der Waals surface area contributed by atoms with E-state index in [-0.39, 0.29) is 12.4 Å². The molecule has 84 valence electrons. The van der Waals surface area contributed by atoms with E-state index in [1.165, 1.54) is 7.11 Å². The van der Waals surface area contributed by atoms with Crippen LogP contribution in [0.25, 0.3) is 0 Å². The van der Waals surface area contributed by atoms with Gasteiger partial charge in [-0.25, -0.2) is 0 Å². The summed E-state index contributed by atoms with van der Waals surface area (Å²) >= 11 is 0. The van der Waals surface area contributed by atoms with Gasteiger partial charge in [-0.15, -0.1) is 0 Å². The van der Waals surface area contributed by atoms with Crippen LogP contribution in [0.2, 0.25) is 0 Å². The summed E-state index contributed by atoms with van der Waals surface area (Å²) in [6, 6.07) is 0. The Morgan fingerprint density at radius 3 is 2.50 bits per heavy atom. The first kappa shape index (κ1) is 13.4. The molecule has 0 spiro atoms. The zero-order valence-corrected chi connectivity index (χ0v) is 9.67. The maximum atomic E-state index is 10.9. The third-order valence-corrected chi connectivity index (χ3v) is 2.25. The zero-order valence-electron chi connectivity index (χ0n) is 9.67. The lowest BCUT2D eigenvalue weighted by Gasteiger charge is -2.22. The second-order valence-corrected chi connectivity index (χ2v) is 4.54. The lowest BCUT2D eigenvalue weighted by molar-refractivity contribution is -0.145. The Hall–Kier alpha value is -0.570. The van der Waals surface area contributed by atoms with Crippen LogP contribution in [0.1, 0.15) is 46.5 Å². The van der Waals surface area contributed by atoms with E-state index in [4.69, 9.17) is 0 Å². The number of esters is 1. The molecular weight excluding hydrogens is 180 g/mol. The van der Waals surface area contributed by atoms with Crippen LogP contribution >= 0.6 is 0 Å². The van der Waals surface area contributed by atoms with Gasteiger partial charge in [0.2, 0.25) is 0 Å². The van der Waals surface area contributed by atoms with Gasteiger partial charge in [-0.05, 0) is 19.3 Å². The van der Waals surface area contributed by atoms with Gasteiger partial charge in [0.05, 0.1) is 19.1 Å². The summed E-state index contributed by atoms with van der Waals surface area (Å²) in [6.45, 7) is 5.98. The van der Waals surface area contributed by atoms with Gasteiger partial charge >= 0.3 is 5.97 Å². The fourth-order valence-corrected chi connectivity index (χ4v) is 1.36. The number of hydrogen-bond acceptors (Lipinski definition) is 3. The van der Waals surface area contributed by atoms with Gasteiger partial charge in [-0.3, -0.25) is 4.79 Å². The SMILES string of the molecule is COC(=O)C[C@](C)(O)CCCC(C)C. The second-order valence-electron chi connectivity index (χ2n) is 4.54. The molecule has 0 amide bonds. The van der Waals surface area contributed by atoms with E-state index in [0.29, 0.717) is 12.3 Å². The first-order chi connectivity index (χ1) is 6.37. The molecule has 14 heavy (non-hydrogen) atoms. The fourth-order valence-electron chi connectivity index (χ4n) is 1.36. The van der Waals surface area contributed by atoms with Crippen molar-refractivity contribution in [3.63, 3.8) is 0 Å². The molecule has 0 unspecified atom stereocenters. The zero-order chi connectivity index (χ0) is 11.2. The number of ether oxygens (including phenoxy) is 1. The van der Waals surface area contributed by atoms with Crippen molar-refractivity contribution >= 4 is 5.97 Å². The summed E-state index contributed by atoms with van der Waals surface area (Å²) < 4.78 is 4.51. The van der Waals surface area contributed by atoms with Crippen molar-refractivity contribution in [2.24, 2.45) is 5.92 Å². The average molecular weight is 202 g/mol. The molecule has 0 saturated carbocycles. The Bertz CT molecular complexity index is 173. The van der Waals surface area contributed by atoms with Crippen LogP contribution in [-0.2, 0) is 9.53 Å². The van der Waals surface area contributed by atoms with Crippen LogP contribution < -0.4 is 0 Å². The highest BCUT2D eigenvalue weighted by Crippen LogP contribution is 2.20. The van der Waals surface area contributed by atoms with Gasteiger partial charge < -0.3 is 9.84 Å². The number of carbonyl (C=O) groups excluding carboxylic acids is 1. The largest absolute Gasteiger partial charge is 0.469 e. The highest BCUT2D eigenvalue weighted by molar-refractivity contribution is 5.70. The average Bonchev–Trinajstić information content (AvgIpc) is 2.02. The Kier molecular flexibility index (Phi) is 5.77. The molecule has 0 aliphatic carbocycles. The summed E-state index contributed by atoms with van der Waals surface area (Å²) in [4.78, 5) is 10.9. The van der Waals surface area contributed by atoms with E-state index in [1.54, 1.807) is 6.92 Å².